The quantitative estimate of drug-likeness (QED) is 0.547. The fourth-order valence-corrected chi connectivity index (χ4v) is 0.123. The molecule has 8 heavy (non-hydrogen) atoms. The second-order valence-corrected chi connectivity index (χ2v) is 1.23. The van der Waals surface area contributed by atoms with Crippen molar-refractivity contribution in [1.29, 1.82) is 0 Å². The predicted octanol–water partition coefficient (Wildman–Crippen LogP) is 0.0543. The summed E-state index contributed by atoms with van der Waals surface area (Å²) >= 11 is 0. The van der Waals surface area contributed by atoms with Crippen molar-refractivity contribution in [1.82, 2.24) is 0 Å². The van der Waals surface area contributed by atoms with Gasteiger partial charge in [-0.25, -0.2) is 0 Å². The molecule has 0 rings (SSSR count). The molecule has 0 bridgehead atoms. The van der Waals surface area contributed by atoms with Crippen LogP contribution >= 0.6 is 0 Å². The molecule has 0 aromatic rings. The molecule has 0 amide bonds. The molecule has 0 aliphatic heterocycles. The topological polar surface area (TPSA) is 63.3 Å². The second kappa shape index (κ2) is 2.67. The van der Waals surface area contributed by atoms with Crippen LogP contribution in [0.5, 0.6) is 0 Å². The molecule has 0 saturated heterocycles. The molecule has 0 aliphatic carbocycles. The van der Waals surface area contributed by atoms with E-state index in [1.165, 1.54) is 0 Å². The Morgan fingerprint density at radius 3 is 2.62 bits per heavy atom. The molecule has 3 nitrogen and oxygen atoms in total. The van der Waals surface area contributed by atoms with Crippen molar-refractivity contribution in [3.63, 3.8) is 0 Å². The molecule has 3 N–H and O–H groups in total. The minimum atomic E-state index is -3.31. The largest absolute Gasteiger partial charge is 0.480 e. The van der Waals surface area contributed by atoms with Gasteiger partial charge in [0, 0.05) is 9.60 Å². The maximum Gasteiger partial charge on any atom is 0.320 e. The number of carboxylic acids is 1. The molecule has 3 heteroatoms. The van der Waals surface area contributed by atoms with E-state index < -0.39 is 31.6 Å². The first-order valence-corrected chi connectivity index (χ1v) is 1.84. The number of nitrogens with two attached hydrogens (primary N) is 1. The lowest BCUT2D eigenvalue weighted by atomic mass is 10.1. The first kappa shape index (κ1) is 1.70. The summed E-state index contributed by atoms with van der Waals surface area (Å²) in [5.41, 5.74) is 4.96. The van der Waals surface area contributed by atoms with Crippen molar-refractivity contribution in [2.75, 3.05) is 0 Å². The van der Waals surface area contributed by atoms with Crippen LogP contribution in [0, 0.1) is 5.89 Å². The van der Waals surface area contributed by atoms with Crippen LogP contribution in [-0.2, 0) is 4.79 Å². The van der Waals surface area contributed by atoms with Crippen molar-refractivity contribution in [3.05, 3.63) is 0 Å². The zero-order valence-corrected chi connectivity index (χ0v) is 4.01. The highest BCUT2D eigenvalue weighted by atomic mass is 16.4. The summed E-state index contributed by atoms with van der Waals surface area (Å²) in [6.45, 7) is -6.62. The van der Waals surface area contributed by atoms with Crippen LogP contribution in [0.2, 0.25) is 0 Å². The summed E-state index contributed by atoms with van der Waals surface area (Å²) < 4.78 is 48.8. The Hall–Kier alpha value is -0.570. The fourth-order valence-electron chi connectivity index (χ4n) is 0.123. The van der Waals surface area contributed by atoms with Gasteiger partial charge in [-0.3, -0.25) is 4.79 Å². The maximum atomic E-state index is 10.5. The van der Waals surface area contributed by atoms with Crippen molar-refractivity contribution >= 4 is 5.97 Å². The zero-order valence-electron chi connectivity index (χ0n) is 11.0. The van der Waals surface area contributed by atoms with Crippen molar-refractivity contribution in [2.24, 2.45) is 11.6 Å². The van der Waals surface area contributed by atoms with Gasteiger partial charge < -0.3 is 10.8 Å². The lowest BCUT2D eigenvalue weighted by molar-refractivity contribution is -0.139. The molecule has 1 unspecified atom stereocenters. The highest BCUT2D eigenvalue weighted by Crippen LogP contribution is 1.96. The molecular weight excluding hydrogens is 106 g/mol. The van der Waals surface area contributed by atoms with Gasteiger partial charge in [0.05, 0.1) is 0 Å². The van der Waals surface area contributed by atoms with E-state index in [1.807, 2.05) is 0 Å². The molecular formula is C5H11NO2. The van der Waals surface area contributed by atoms with Crippen LogP contribution in [0.15, 0.2) is 0 Å². The molecule has 0 saturated carbocycles. The van der Waals surface area contributed by atoms with Crippen LogP contribution in [0.25, 0.3) is 0 Å². The number of hydrogen-bond acceptors (Lipinski definition) is 2. The van der Waals surface area contributed by atoms with E-state index in [0.29, 0.717) is 0 Å². The molecule has 0 radical (unpaired) electrons. The minimum Gasteiger partial charge on any atom is -0.480 e. The Balaban J connectivity index is 5.53. The molecule has 0 aliphatic rings. The summed E-state index contributed by atoms with van der Waals surface area (Å²) in [5.74, 6) is -5.05. The van der Waals surface area contributed by atoms with Gasteiger partial charge in [-0.15, -0.1) is 0 Å². The van der Waals surface area contributed by atoms with Gasteiger partial charge in [0.1, 0.15) is 6.04 Å². The van der Waals surface area contributed by atoms with Crippen molar-refractivity contribution in [2.45, 2.75) is 19.7 Å². The van der Waals surface area contributed by atoms with E-state index in [1.54, 1.807) is 0 Å². The Morgan fingerprint density at radius 2 is 2.50 bits per heavy atom. The molecule has 0 heterocycles. The van der Waals surface area contributed by atoms with Gasteiger partial charge in [-0.2, -0.15) is 0 Å². The monoisotopic (exact) mass is 124 g/mol. The van der Waals surface area contributed by atoms with Crippen LogP contribution in [0.4, 0.5) is 0 Å². The van der Waals surface area contributed by atoms with Crippen molar-refractivity contribution < 1.29 is 19.5 Å². The van der Waals surface area contributed by atoms with Gasteiger partial charge in [0.15, 0.2) is 0 Å². The molecule has 48 valence electrons. The number of carboxylic acid groups (broad SMARTS) is 1. The smallest absolute Gasteiger partial charge is 0.320 e. The second-order valence-electron chi connectivity index (χ2n) is 1.23. The Bertz CT molecular complexity index is 243. The Kier molecular flexibility index (Phi) is 0.568. The third kappa shape index (κ3) is 1.93. The summed E-state index contributed by atoms with van der Waals surface area (Å²) in [6, 6.07) is -2.31. The van der Waals surface area contributed by atoms with E-state index in [0.717, 1.165) is 0 Å². The minimum absolute atomic E-state index is 1.84. The summed E-state index contributed by atoms with van der Waals surface area (Å²) in [6.07, 6.45) is 0. The first-order chi connectivity index (χ1) is 6.35. The number of carbonyl (C=O) groups is 1. The molecule has 0 spiro atoms. The molecule has 0 fully saturated rings. The van der Waals surface area contributed by atoms with Crippen LogP contribution in [-0.4, -0.2) is 17.1 Å². The average Bonchev–Trinajstić information content (AvgIpc) is 1.96. The zero-order chi connectivity index (χ0) is 12.7. The van der Waals surface area contributed by atoms with E-state index >= 15 is 0 Å². The summed E-state index contributed by atoms with van der Waals surface area (Å²) in [5, 5.41) is 8.50. The predicted molar refractivity (Wildman–Crippen MR) is 30.4 cm³/mol. The SMILES string of the molecule is [2H]C([2H])([2H])C([2H])(C(N)C(=O)O)C([2H])([2H])[2H]. The molecule has 0 aromatic heterocycles. The highest BCUT2D eigenvalue weighted by molar-refractivity contribution is 5.73. The van der Waals surface area contributed by atoms with E-state index in [9.17, 15) is 4.79 Å². The van der Waals surface area contributed by atoms with E-state index in [4.69, 9.17) is 20.4 Å². The number of rotatable bonds is 2. The molecule has 1 atom stereocenters. The Labute approximate surface area is 58.3 Å². The molecule has 0 aromatic carbocycles. The van der Waals surface area contributed by atoms with E-state index in [2.05, 4.69) is 0 Å². The fraction of sp³-hybridized carbons (Fsp3) is 0.800. The number of hydrogen-bond donors (Lipinski definition) is 2. The normalized spacial score (nSPS) is 31.4. The lowest BCUT2D eigenvalue weighted by Gasteiger charge is -2.07. The van der Waals surface area contributed by atoms with Crippen LogP contribution < -0.4 is 5.73 Å². The third-order valence-electron chi connectivity index (χ3n) is 0.577. The first-order valence-electron chi connectivity index (χ1n) is 5.34. The lowest BCUT2D eigenvalue weighted by Crippen LogP contribution is -2.34. The van der Waals surface area contributed by atoms with Gasteiger partial charge in [0.2, 0.25) is 0 Å². The van der Waals surface area contributed by atoms with Gasteiger partial charge in [-0.1, -0.05) is 13.7 Å². The van der Waals surface area contributed by atoms with Crippen molar-refractivity contribution in [3.8, 4) is 0 Å². The summed E-state index contributed by atoms with van der Waals surface area (Å²) in [4.78, 5) is 10.5. The van der Waals surface area contributed by atoms with Crippen LogP contribution in [0.3, 0.4) is 0 Å². The van der Waals surface area contributed by atoms with Gasteiger partial charge >= 0.3 is 5.97 Å². The Morgan fingerprint density at radius 1 is 2.00 bits per heavy atom. The average molecular weight is 124 g/mol. The summed E-state index contributed by atoms with van der Waals surface area (Å²) in [7, 11) is 0. The van der Waals surface area contributed by atoms with Gasteiger partial charge in [-0.05, 0) is 5.89 Å². The third-order valence-corrected chi connectivity index (χ3v) is 0.577. The highest BCUT2D eigenvalue weighted by Gasteiger charge is 2.14. The van der Waals surface area contributed by atoms with Crippen LogP contribution in [0.1, 0.15) is 23.3 Å². The van der Waals surface area contributed by atoms with Gasteiger partial charge in [0.25, 0.3) is 0 Å². The van der Waals surface area contributed by atoms with E-state index in [-0.39, 0.29) is 0 Å². The number of aliphatic carboxylic acids is 1. The maximum absolute atomic E-state index is 10.5. The standard InChI is InChI=1S/C5H11NO2/c1-3(2)4(6)5(7)8/h3-4H,6H2,1-2H3,(H,7,8)/i1D3,2D3,3D.